The van der Waals surface area contributed by atoms with Crippen molar-refractivity contribution in [3.63, 3.8) is 0 Å². The van der Waals surface area contributed by atoms with Crippen molar-refractivity contribution in [3.05, 3.63) is 69.3 Å². The summed E-state index contributed by atoms with van der Waals surface area (Å²) in [6.07, 6.45) is 1.23. The molecule has 1 heterocycles. The fourth-order valence-electron chi connectivity index (χ4n) is 3.51. The van der Waals surface area contributed by atoms with Gasteiger partial charge in [-0.2, -0.15) is 0 Å². The topological polar surface area (TPSA) is 62.5 Å². The van der Waals surface area contributed by atoms with Crippen LogP contribution in [0.4, 0.5) is 5.69 Å². The number of hydrogen-bond donors (Lipinski definition) is 1. The molecule has 0 fully saturated rings. The Kier molecular flexibility index (Phi) is 7.78. The molecule has 0 radical (unpaired) electrons. The predicted octanol–water partition coefficient (Wildman–Crippen LogP) is 6.77. The van der Waals surface area contributed by atoms with Gasteiger partial charge < -0.3 is 0 Å². The first kappa shape index (κ1) is 24.5. The molecule has 0 unspecified atom stereocenters. The van der Waals surface area contributed by atoms with E-state index in [1.54, 1.807) is 24.3 Å². The molecule has 2 aromatic carbocycles. The number of halogens is 2. The summed E-state index contributed by atoms with van der Waals surface area (Å²) >= 11 is 17.0. The third-order valence-electron chi connectivity index (χ3n) is 5.10. The van der Waals surface area contributed by atoms with Crippen LogP contribution in [0.1, 0.15) is 61.0 Å². The number of hydrogen-bond acceptors (Lipinski definition) is 4. The Labute approximate surface area is 206 Å². The number of rotatable bonds is 6. The van der Waals surface area contributed by atoms with E-state index in [0.29, 0.717) is 10.1 Å². The Balaban J connectivity index is 2.19. The predicted molar refractivity (Wildman–Crippen MR) is 128 cm³/mol. The number of benzene rings is 2. The zero-order valence-corrected chi connectivity index (χ0v) is 20.7. The van der Waals surface area contributed by atoms with Gasteiger partial charge in [0.25, 0.3) is 0 Å². The van der Waals surface area contributed by atoms with E-state index < -0.39 is 11.7 Å². The normalized spacial score (nSPS) is 11.7. The van der Waals surface area contributed by atoms with Gasteiger partial charge in [0.15, 0.2) is 0 Å². The molecule has 7 heteroatoms. The second-order valence-corrected chi connectivity index (χ2v) is 9.26. The first-order valence-corrected chi connectivity index (χ1v) is 11.4. The summed E-state index contributed by atoms with van der Waals surface area (Å²) in [7, 11) is 0. The minimum atomic E-state index is -0.492. The van der Waals surface area contributed by atoms with Crippen LogP contribution >= 0.6 is 23.2 Å². The van der Waals surface area contributed by atoms with Crippen LogP contribution in [0.15, 0.2) is 47.5 Å². The van der Waals surface area contributed by atoms with Gasteiger partial charge in [0.1, 0.15) is 0 Å². The van der Waals surface area contributed by atoms with Gasteiger partial charge in [0, 0.05) is 0 Å². The van der Waals surface area contributed by atoms with Crippen molar-refractivity contribution in [1.82, 2.24) is 4.98 Å². The molecule has 32 heavy (non-hydrogen) atoms. The number of para-hydroxylation sites is 1. The standard InChI is InChI=1S/C25H23Cl2N2O2.Co/c1-14(2)17-11-8-12-18(15(3)4)23(17)28-13-19(30)21-20(16-9-6-5-7-10-16)25(31)29-24(27)22(21)26;/h5-9,11-15H,1-4H3,(H,29,31);. The van der Waals surface area contributed by atoms with Crippen LogP contribution < -0.4 is 4.50 Å². The van der Waals surface area contributed by atoms with E-state index in [-0.39, 0.29) is 33.1 Å². The molecule has 0 aliphatic heterocycles. The van der Waals surface area contributed by atoms with Gasteiger partial charge in [-0.05, 0) is 0 Å². The van der Waals surface area contributed by atoms with Crippen molar-refractivity contribution >= 4 is 45.4 Å². The Morgan fingerprint density at radius 2 is 1.62 bits per heavy atom. The molecule has 0 aliphatic rings. The van der Waals surface area contributed by atoms with Crippen molar-refractivity contribution < 1.29 is 25.6 Å². The van der Waals surface area contributed by atoms with E-state index in [1.807, 2.05) is 18.2 Å². The van der Waals surface area contributed by atoms with Crippen molar-refractivity contribution in [3.8, 4) is 17.0 Å². The Hall–Kier alpha value is -2.18. The maximum absolute atomic E-state index is 13.4. The average Bonchev–Trinajstić information content (AvgIpc) is 2.74. The Morgan fingerprint density at radius 3 is 2.19 bits per heavy atom. The Bertz CT molecular complexity index is 1180. The molecule has 0 spiro atoms. The second kappa shape index (κ2) is 10.2. The number of ketones is 1. The molecular formula is C25H23Cl2CoN2O2. The molecule has 0 aliphatic carbocycles. The van der Waals surface area contributed by atoms with Crippen LogP contribution in [0.3, 0.4) is 0 Å². The molecule has 3 rings (SSSR count). The van der Waals surface area contributed by atoms with Gasteiger partial charge >= 0.3 is 207 Å². The van der Waals surface area contributed by atoms with E-state index in [9.17, 15) is 9.90 Å². The number of aromatic hydroxyl groups is 1. The molecule has 168 valence electrons. The number of nitrogens with zero attached hydrogens (tertiary/aromatic N) is 2. The van der Waals surface area contributed by atoms with Gasteiger partial charge in [-0.1, -0.05) is 0 Å². The molecule has 3 aromatic rings. The number of pyridine rings is 1. The fourth-order valence-corrected chi connectivity index (χ4v) is 4.23. The molecule has 0 atom stereocenters. The molecule has 0 amide bonds. The molecular weight excluding hydrogens is 490 g/mol. The summed E-state index contributed by atoms with van der Waals surface area (Å²) < 4.78 is 0.550. The molecule has 1 aromatic heterocycles. The van der Waals surface area contributed by atoms with E-state index >= 15 is 0 Å². The van der Waals surface area contributed by atoms with E-state index in [2.05, 4.69) is 53.4 Å². The second-order valence-electron chi connectivity index (χ2n) is 7.96. The Morgan fingerprint density at radius 1 is 1.03 bits per heavy atom. The quantitative estimate of drug-likeness (QED) is 0.225. The number of aliphatic imine (C=N–C) groups is 1. The van der Waals surface area contributed by atoms with Crippen LogP contribution in [0, 0.1) is 0 Å². The average molecular weight is 513 g/mol. The van der Waals surface area contributed by atoms with Crippen LogP contribution in [-0.2, 0) is 15.7 Å². The van der Waals surface area contributed by atoms with Crippen LogP contribution in [0.5, 0.6) is 5.88 Å². The number of carbonyl (C=O) groups is 1. The summed E-state index contributed by atoms with van der Waals surface area (Å²) in [6.45, 7) is 8.33. The third kappa shape index (κ3) is 4.91. The summed E-state index contributed by atoms with van der Waals surface area (Å²) in [4.78, 5) is 21.8. The van der Waals surface area contributed by atoms with E-state index in [4.69, 9.17) is 23.2 Å². The summed E-state index contributed by atoms with van der Waals surface area (Å²) in [5.74, 6) is -0.439. The monoisotopic (exact) mass is 512 g/mol. The van der Waals surface area contributed by atoms with Crippen molar-refractivity contribution in [1.29, 1.82) is 0 Å². The SMILES string of the molecule is CC(C)c1cccc(C(C)C)c1N=CC(=O)c1c(Cl)c(Cl)nc(O)c1-c1cccc[c]1[Co]. The zero-order chi connectivity index (χ0) is 23.6. The molecule has 4 nitrogen and oxygen atoms in total. The fraction of sp³-hybridized carbons (Fsp3) is 0.240. The van der Waals surface area contributed by atoms with Crippen LogP contribution in [0.25, 0.3) is 11.1 Å². The summed E-state index contributed by atoms with van der Waals surface area (Å²) in [5.41, 5.74) is 3.56. The maximum atomic E-state index is 13.4. The number of aromatic nitrogens is 1. The van der Waals surface area contributed by atoms with E-state index in [0.717, 1.165) is 16.8 Å². The van der Waals surface area contributed by atoms with Gasteiger partial charge in [0.05, 0.1) is 0 Å². The van der Waals surface area contributed by atoms with Gasteiger partial charge in [-0.25, -0.2) is 0 Å². The zero-order valence-electron chi connectivity index (χ0n) is 18.1. The molecule has 0 saturated carbocycles. The molecule has 1 N–H and O–H groups in total. The van der Waals surface area contributed by atoms with Crippen molar-refractivity contribution in [2.45, 2.75) is 39.5 Å². The van der Waals surface area contributed by atoms with Gasteiger partial charge in [0.2, 0.25) is 0 Å². The third-order valence-corrected chi connectivity index (χ3v) is 6.29. The van der Waals surface area contributed by atoms with E-state index in [1.165, 1.54) is 6.21 Å². The first-order chi connectivity index (χ1) is 15.1. The number of carbonyl (C=O) groups excluding carboxylic acids is 1. The molecule has 0 saturated heterocycles. The van der Waals surface area contributed by atoms with Crippen molar-refractivity contribution in [2.24, 2.45) is 4.99 Å². The molecule has 0 bridgehead atoms. The van der Waals surface area contributed by atoms with Crippen molar-refractivity contribution in [2.75, 3.05) is 0 Å². The van der Waals surface area contributed by atoms with Gasteiger partial charge in [-0.3, -0.25) is 0 Å². The summed E-state index contributed by atoms with van der Waals surface area (Å²) in [6, 6.07) is 13.1. The van der Waals surface area contributed by atoms with Crippen LogP contribution in [-0.4, -0.2) is 22.1 Å². The minimum absolute atomic E-state index is 0.0290. The first-order valence-electron chi connectivity index (χ1n) is 10.1. The van der Waals surface area contributed by atoms with Crippen LogP contribution in [0.2, 0.25) is 10.2 Å². The van der Waals surface area contributed by atoms with Gasteiger partial charge in [-0.15, -0.1) is 0 Å². The number of Topliss-reactive ketones (excluding diaryl/α,β-unsaturated/α-hetero) is 1. The summed E-state index contributed by atoms with van der Waals surface area (Å²) in [5, 5.41) is 10.3.